The normalized spacial score (nSPS) is 16.1. The van der Waals surface area contributed by atoms with Gasteiger partial charge in [-0.3, -0.25) is 9.69 Å². The minimum absolute atomic E-state index is 0.0676. The minimum atomic E-state index is -0.117. The van der Waals surface area contributed by atoms with Crippen LogP contribution in [0.1, 0.15) is 23.6 Å². The second-order valence-electron chi connectivity index (χ2n) is 7.00. The molecule has 1 amide bonds. The maximum Gasteiger partial charge on any atom is 0.233 e. The van der Waals surface area contributed by atoms with Gasteiger partial charge in [0.1, 0.15) is 0 Å². The zero-order valence-electron chi connectivity index (χ0n) is 16.1. The fraction of sp³-hybridized carbons (Fsp3) is 0.409. The highest BCUT2D eigenvalue weighted by Crippen LogP contribution is 2.23. The molecule has 0 aromatic heterocycles. The summed E-state index contributed by atoms with van der Waals surface area (Å²) in [6, 6.07) is 16.8. The monoisotopic (exact) mass is 384 g/mol. The lowest BCUT2D eigenvalue weighted by Crippen LogP contribution is -2.35. The first-order valence-electron chi connectivity index (χ1n) is 9.49. The summed E-state index contributed by atoms with van der Waals surface area (Å²) in [7, 11) is 0. The number of carbonyl (C=O) groups is 1. The van der Waals surface area contributed by atoms with E-state index < -0.39 is 0 Å². The Morgan fingerprint density at radius 1 is 1.07 bits per heavy atom. The summed E-state index contributed by atoms with van der Waals surface area (Å²) < 4.78 is 5.39. The van der Waals surface area contributed by atoms with Gasteiger partial charge in [0.05, 0.1) is 18.5 Å². The number of benzene rings is 2. The molecule has 0 aliphatic carbocycles. The Balaban J connectivity index is 1.44. The Morgan fingerprint density at radius 2 is 1.70 bits per heavy atom. The Morgan fingerprint density at radius 3 is 2.37 bits per heavy atom. The molecule has 0 radical (unpaired) electrons. The van der Waals surface area contributed by atoms with Crippen molar-refractivity contribution in [3.05, 3.63) is 65.2 Å². The van der Waals surface area contributed by atoms with Crippen molar-refractivity contribution in [3.63, 3.8) is 0 Å². The predicted molar refractivity (Wildman–Crippen MR) is 111 cm³/mol. The number of hydrogen-bond donors (Lipinski definition) is 1. The SMILES string of the molecule is Cc1ccc(S[C@H](C)C(=O)NCc2ccc(CN3CCOCC3)cc2)cc1. The van der Waals surface area contributed by atoms with E-state index in [1.54, 1.807) is 11.8 Å². The number of aryl methyl sites for hydroxylation is 1. The Bertz CT molecular complexity index is 725. The molecule has 4 nitrogen and oxygen atoms in total. The van der Waals surface area contributed by atoms with E-state index in [4.69, 9.17) is 4.74 Å². The minimum Gasteiger partial charge on any atom is -0.379 e. The van der Waals surface area contributed by atoms with Crippen LogP contribution in [0.2, 0.25) is 0 Å². The molecule has 1 saturated heterocycles. The zero-order valence-corrected chi connectivity index (χ0v) is 16.9. The molecule has 2 aromatic rings. The molecular weight excluding hydrogens is 356 g/mol. The molecule has 1 aliphatic rings. The van der Waals surface area contributed by atoms with E-state index >= 15 is 0 Å². The van der Waals surface area contributed by atoms with Crippen LogP contribution in [0.25, 0.3) is 0 Å². The van der Waals surface area contributed by atoms with Crippen LogP contribution in [0, 0.1) is 6.92 Å². The zero-order chi connectivity index (χ0) is 19.1. The third kappa shape index (κ3) is 6.38. The number of amides is 1. The number of carbonyl (C=O) groups excluding carboxylic acids is 1. The highest BCUT2D eigenvalue weighted by molar-refractivity contribution is 8.00. The van der Waals surface area contributed by atoms with E-state index in [9.17, 15) is 4.79 Å². The Kier molecular flexibility index (Phi) is 7.33. The first kappa shape index (κ1) is 19.9. The number of rotatable bonds is 7. The molecule has 1 fully saturated rings. The third-order valence-corrected chi connectivity index (χ3v) is 5.81. The van der Waals surface area contributed by atoms with Crippen LogP contribution in [-0.4, -0.2) is 42.4 Å². The summed E-state index contributed by atoms with van der Waals surface area (Å²) in [5, 5.41) is 2.93. The van der Waals surface area contributed by atoms with E-state index in [1.165, 1.54) is 11.1 Å². The summed E-state index contributed by atoms with van der Waals surface area (Å²) in [6.07, 6.45) is 0. The van der Waals surface area contributed by atoms with Gasteiger partial charge in [-0.15, -0.1) is 11.8 Å². The predicted octanol–water partition coefficient (Wildman–Crippen LogP) is 3.62. The van der Waals surface area contributed by atoms with E-state index in [-0.39, 0.29) is 11.2 Å². The smallest absolute Gasteiger partial charge is 0.233 e. The van der Waals surface area contributed by atoms with Gasteiger partial charge in [0.25, 0.3) is 0 Å². The van der Waals surface area contributed by atoms with Gasteiger partial charge in [-0.05, 0) is 37.1 Å². The van der Waals surface area contributed by atoms with Crippen LogP contribution >= 0.6 is 11.8 Å². The van der Waals surface area contributed by atoms with E-state index in [1.807, 2.05) is 6.92 Å². The van der Waals surface area contributed by atoms with Crippen molar-refractivity contribution in [2.45, 2.75) is 37.1 Å². The number of morpholine rings is 1. The van der Waals surface area contributed by atoms with Gasteiger partial charge in [0, 0.05) is 31.1 Å². The van der Waals surface area contributed by atoms with Crippen molar-refractivity contribution < 1.29 is 9.53 Å². The van der Waals surface area contributed by atoms with Crippen LogP contribution < -0.4 is 5.32 Å². The van der Waals surface area contributed by atoms with Crippen LogP contribution in [0.4, 0.5) is 0 Å². The lowest BCUT2D eigenvalue weighted by atomic mass is 10.1. The Labute approximate surface area is 166 Å². The molecule has 1 atom stereocenters. The molecule has 144 valence electrons. The fourth-order valence-electron chi connectivity index (χ4n) is 2.99. The van der Waals surface area contributed by atoms with E-state index in [0.29, 0.717) is 6.54 Å². The molecule has 1 aliphatic heterocycles. The van der Waals surface area contributed by atoms with Crippen LogP contribution in [0.3, 0.4) is 0 Å². The van der Waals surface area contributed by atoms with E-state index in [0.717, 1.165) is 43.3 Å². The molecule has 2 aromatic carbocycles. The summed E-state index contributed by atoms with van der Waals surface area (Å²) in [5.74, 6) is 0.0676. The molecule has 0 bridgehead atoms. The highest BCUT2D eigenvalue weighted by Gasteiger charge is 2.14. The third-order valence-electron chi connectivity index (χ3n) is 4.70. The average Bonchev–Trinajstić information content (AvgIpc) is 2.69. The first-order chi connectivity index (χ1) is 13.1. The molecule has 1 N–H and O–H groups in total. The summed E-state index contributed by atoms with van der Waals surface area (Å²) >= 11 is 1.59. The van der Waals surface area contributed by atoms with E-state index in [2.05, 4.69) is 65.7 Å². The molecule has 0 spiro atoms. The van der Waals surface area contributed by atoms with Gasteiger partial charge in [-0.25, -0.2) is 0 Å². The molecule has 1 heterocycles. The largest absolute Gasteiger partial charge is 0.379 e. The van der Waals surface area contributed by atoms with Gasteiger partial charge in [0.15, 0.2) is 0 Å². The van der Waals surface area contributed by atoms with Gasteiger partial charge in [0.2, 0.25) is 5.91 Å². The molecule has 0 unspecified atom stereocenters. The van der Waals surface area contributed by atoms with Gasteiger partial charge in [-0.2, -0.15) is 0 Å². The number of nitrogens with one attached hydrogen (secondary N) is 1. The van der Waals surface area contributed by atoms with Gasteiger partial charge < -0.3 is 10.1 Å². The summed E-state index contributed by atoms with van der Waals surface area (Å²) in [5.41, 5.74) is 3.66. The van der Waals surface area contributed by atoms with Gasteiger partial charge in [-0.1, -0.05) is 42.0 Å². The maximum absolute atomic E-state index is 12.4. The second kappa shape index (κ2) is 9.93. The molecule has 27 heavy (non-hydrogen) atoms. The topological polar surface area (TPSA) is 41.6 Å². The van der Waals surface area contributed by atoms with Crippen molar-refractivity contribution in [2.75, 3.05) is 26.3 Å². The number of hydrogen-bond acceptors (Lipinski definition) is 4. The van der Waals surface area contributed by atoms with Crippen molar-refractivity contribution in [2.24, 2.45) is 0 Å². The van der Waals surface area contributed by atoms with Crippen molar-refractivity contribution in [3.8, 4) is 0 Å². The van der Waals surface area contributed by atoms with Crippen molar-refractivity contribution in [1.29, 1.82) is 0 Å². The summed E-state index contributed by atoms with van der Waals surface area (Å²) in [6.45, 7) is 9.17. The maximum atomic E-state index is 12.4. The Hall–Kier alpha value is -1.82. The van der Waals surface area contributed by atoms with Crippen LogP contribution in [0.5, 0.6) is 0 Å². The lowest BCUT2D eigenvalue weighted by molar-refractivity contribution is -0.120. The average molecular weight is 385 g/mol. The number of nitrogens with zero attached hydrogens (tertiary/aromatic N) is 1. The molecule has 5 heteroatoms. The second-order valence-corrected chi connectivity index (χ2v) is 8.41. The first-order valence-corrected chi connectivity index (χ1v) is 10.4. The quantitative estimate of drug-likeness (QED) is 0.741. The summed E-state index contributed by atoms with van der Waals surface area (Å²) in [4.78, 5) is 15.9. The fourth-order valence-corrected chi connectivity index (χ4v) is 3.88. The number of ether oxygens (including phenoxy) is 1. The van der Waals surface area contributed by atoms with Crippen LogP contribution in [-0.2, 0) is 22.6 Å². The van der Waals surface area contributed by atoms with Crippen molar-refractivity contribution in [1.82, 2.24) is 10.2 Å². The van der Waals surface area contributed by atoms with Gasteiger partial charge >= 0.3 is 0 Å². The van der Waals surface area contributed by atoms with Crippen molar-refractivity contribution >= 4 is 17.7 Å². The highest BCUT2D eigenvalue weighted by atomic mass is 32.2. The lowest BCUT2D eigenvalue weighted by Gasteiger charge is -2.26. The standard InChI is InChI=1S/C22H28N2O2S/c1-17-3-9-21(10-4-17)27-18(2)22(25)23-15-19-5-7-20(8-6-19)16-24-11-13-26-14-12-24/h3-10,18H,11-16H2,1-2H3,(H,23,25)/t18-/m1/s1. The molecular formula is C22H28N2O2S. The molecule has 3 rings (SSSR count). The van der Waals surface area contributed by atoms with Crippen LogP contribution in [0.15, 0.2) is 53.4 Å². The molecule has 0 saturated carbocycles. The number of thioether (sulfide) groups is 1.